The Hall–Kier alpha value is -2.07. The number of hydrogen-bond acceptors (Lipinski definition) is 2. The lowest BCUT2D eigenvalue weighted by Crippen LogP contribution is -2.38. The number of rotatable bonds is 6. The van der Waals surface area contributed by atoms with Gasteiger partial charge in [-0.25, -0.2) is 8.78 Å². The molecule has 0 saturated heterocycles. The molecule has 0 aromatic heterocycles. The predicted molar refractivity (Wildman–Crippen MR) is 101 cm³/mol. The van der Waals surface area contributed by atoms with E-state index in [-0.39, 0.29) is 11.3 Å². The van der Waals surface area contributed by atoms with Crippen LogP contribution in [0.1, 0.15) is 48.8 Å². The highest BCUT2D eigenvalue weighted by atomic mass is 19.1. The molecule has 2 aliphatic rings. The van der Waals surface area contributed by atoms with Gasteiger partial charge in [-0.15, -0.1) is 0 Å². The molecule has 0 aliphatic heterocycles. The standard InChI is InChI=1S/C22H24F2N2/c1-2-15-4-3-5-16(8-15)13-26-14-21(6-7-21)22(25)12-20(22)17-9-18(23)11-19(24)10-17/h3-5,8-11,13,20H,2,6-7,12,14,25H2,1H3/t20-,22?/m0/s1. The van der Waals surface area contributed by atoms with E-state index in [1.54, 1.807) is 0 Å². The zero-order chi connectivity index (χ0) is 18.4. The molecule has 0 heterocycles. The van der Waals surface area contributed by atoms with Gasteiger partial charge in [0.25, 0.3) is 0 Å². The van der Waals surface area contributed by atoms with Gasteiger partial charge in [-0.2, -0.15) is 0 Å². The zero-order valence-electron chi connectivity index (χ0n) is 15.0. The quantitative estimate of drug-likeness (QED) is 0.756. The minimum absolute atomic E-state index is 0.0221. The van der Waals surface area contributed by atoms with Crippen molar-refractivity contribution >= 4 is 6.21 Å². The van der Waals surface area contributed by atoms with Crippen molar-refractivity contribution in [3.05, 3.63) is 70.8 Å². The van der Waals surface area contributed by atoms with Gasteiger partial charge in [-0.05, 0) is 54.5 Å². The highest BCUT2D eigenvalue weighted by molar-refractivity contribution is 5.79. The van der Waals surface area contributed by atoms with E-state index in [2.05, 4.69) is 30.1 Å². The first-order valence-corrected chi connectivity index (χ1v) is 9.29. The van der Waals surface area contributed by atoms with Crippen LogP contribution in [0.5, 0.6) is 0 Å². The third-order valence-electron chi connectivity index (χ3n) is 6.13. The first-order valence-electron chi connectivity index (χ1n) is 9.29. The summed E-state index contributed by atoms with van der Waals surface area (Å²) in [7, 11) is 0. The molecule has 136 valence electrons. The monoisotopic (exact) mass is 354 g/mol. The molecule has 2 N–H and O–H groups in total. The molecule has 2 aromatic carbocycles. The SMILES string of the molecule is CCc1cccc(C=NCC2(C3(N)C[C@H]3c3cc(F)cc(F)c3)CC2)c1. The van der Waals surface area contributed by atoms with Gasteiger partial charge in [-0.3, -0.25) is 4.99 Å². The Morgan fingerprint density at radius 2 is 1.88 bits per heavy atom. The van der Waals surface area contributed by atoms with E-state index in [0.717, 1.165) is 37.3 Å². The number of hydrogen-bond donors (Lipinski definition) is 1. The summed E-state index contributed by atoms with van der Waals surface area (Å²) in [6.07, 6.45) is 5.76. The Morgan fingerprint density at radius 3 is 2.54 bits per heavy atom. The molecule has 0 radical (unpaired) electrons. The molecule has 4 heteroatoms. The van der Waals surface area contributed by atoms with Crippen molar-refractivity contribution < 1.29 is 8.78 Å². The van der Waals surface area contributed by atoms with Crippen LogP contribution in [0.15, 0.2) is 47.5 Å². The molecule has 0 spiro atoms. The fraction of sp³-hybridized carbons (Fsp3) is 0.409. The number of halogens is 2. The van der Waals surface area contributed by atoms with Gasteiger partial charge in [0.15, 0.2) is 0 Å². The lowest BCUT2D eigenvalue weighted by molar-refractivity contribution is 0.380. The summed E-state index contributed by atoms with van der Waals surface area (Å²) in [5.41, 5.74) is 9.32. The number of nitrogens with two attached hydrogens (primary N) is 1. The van der Waals surface area contributed by atoms with Crippen LogP contribution in [0.25, 0.3) is 0 Å². The molecule has 2 nitrogen and oxygen atoms in total. The Labute approximate surface area is 153 Å². The average Bonchev–Trinajstić information content (AvgIpc) is 3.51. The Bertz CT molecular complexity index is 837. The predicted octanol–water partition coefficient (Wildman–Crippen LogP) is 4.61. The molecule has 0 amide bonds. The van der Waals surface area contributed by atoms with Gasteiger partial charge in [0, 0.05) is 35.7 Å². The van der Waals surface area contributed by atoms with Crippen LogP contribution in [0.4, 0.5) is 8.78 Å². The van der Waals surface area contributed by atoms with Crippen LogP contribution in [0, 0.1) is 17.0 Å². The van der Waals surface area contributed by atoms with E-state index in [0.29, 0.717) is 12.1 Å². The third kappa shape index (κ3) is 3.07. The van der Waals surface area contributed by atoms with E-state index >= 15 is 0 Å². The Kier molecular flexibility index (Phi) is 4.19. The molecule has 26 heavy (non-hydrogen) atoms. The molecule has 2 atom stereocenters. The minimum Gasteiger partial charge on any atom is -0.324 e. The maximum Gasteiger partial charge on any atom is 0.126 e. The summed E-state index contributed by atoms with van der Waals surface area (Å²) in [4.78, 5) is 4.67. The van der Waals surface area contributed by atoms with Gasteiger partial charge >= 0.3 is 0 Å². The second-order valence-corrected chi connectivity index (χ2v) is 7.85. The van der Waals surface area contributed by atoms with Crippen LogP contribution in [0.3, 0.4) is 0 Å². The number of nitrogens with zero attached hydrogens (tertiary/aromatic N) is 1. The smallest absolute Gasteiger partial charge is 0.126 e. The van der Waals surface area contributed by atoms with E-state index in [9.17, 15) is 8.78 Å². The summed E-state index contributed by atoms with van der Waals surface area (Å²) in [6, 6.07) is 12.1. The Morgan fingerprint density at radius 1 is 1.15 bits per heavy atom. The summed E-state index contributed by atoms with van der Waals surface area (Å²) >= 11 is 0. The molecular weight excluding hydrogens is 330 g/mol. The van der Waals surface area contributed by atoms with Crippen molar-refractivity contribution in [3.8, 4) is 0 Å². The van der Waals surface area contributed by atoms with E-state index < -0.39 is 17.2 Å². The highest BCUT2D eigenvalue weighted by Crippen LogP contribution is 2.69. The maximum atomic E-state index is 13.5. The van der Waals surface area contributed by atoms with Crippen LogP contribution < -0.4 is 5.73 Å². The minimum atomic E-state index is -0.534. The van der Waals surface area contributed by atoms with Crippen molar-refractivity contribution in [2.75, 3.05) is 6.54 Å². The van der Waals surface area contributed by atoms with Crippen molar-refractivity contribution in [1.29, 1.82) is 0 Å². The molecular formula is C22H24F2N2. The summed E-state index contributed by atoms with van der Waals surface area (Å²) < 4.78 is 27.1. The first-order chi connectivity index (χ1) is 12.5. The van der Waals surface area contributed by atoms with Crippen molar-refractivity contribution in [3.63, 3.8) is 0 Å². The fourth-order valence-corrected chi connectivity index (χ4v) is 4.20. The van der Waals surface area contributed by atoms with E-state index in [4.69, 9.17) is 5.73 Å². The average molecular weight is 354 g/mol. The second-order valence-electron chi connectivity index (χ2n) is 7.85. The van der Waals surface area contributed by atoms with Gasteiger partial charge in [0.05, 0.1) is 0 Å². The van der Waals surface area contributed by atoms with E-state index in [1.165, 1.54) is 17.7 Å². The van der Waals surface area contributed by atoms with Gasteiger partial charge in [-0.1, -0.05) is 31.2 Å². The van der Waals surface area contributed by atoms with Crippen LogP contribution >= 0.6 is 0 Å². The van der Waals surface area contributed by atoms with Crippen LogP contribution in [0.2, 0.25) is 0 Å². The molecule has 1 unspecified atom stereocenters. The van der Waals surface area contributed by atoms with Gasteiger partial charge in [0.1, 0.15) is 11.6 Å². The molecule has 2 aliphatic carbocycles. The molecule has 0 bridgehead atoms. The van der Waals surface area contributed by atoms with E-state index in [1.807, 2.05) is 12.3 Å². The third-order valence-corrected chi connectivity index (χ3v) is 6.13. The number of aliphatic imine (C=N–C) groups is 1. The van der Waals surface area contributed by atoms with Gasteiger partial charge < -0.3 is 5.73 Å². The topological polar surface area (TPSA) is 38.4 Å². The maximum absolute atomic E-state index is 13.5. The Balaban J connectivity index is 1.46. The second kappa shape index (κ2) is 6.27. The highest BCUT2D eigenvalue weighted by Gasteiger charge is 2.69. The zero-order valence-corrected chi connectivity index (χ0v) is 15.0. The summed E-state index contributed by atoms with van der Waals surface area (Å²) in [6.45, 7) is 2.81. The lowest BCUT2D eigenvalue weighted by Gasteiger charge is -2.23. The molecule has 2 saturated carbocycles. The molecule has 4 rings (SSSR count). The molecule has 2 fully saturated rings. The first kappa shape index (κ1) is 17.3. The van der Waals surface area contributed by atoms with Crippen molar-refractivity contribution in [1.82, 2.24) is 0 Å². The van der Waals surface area contributed by atoms with Crippen molar-refractivity contribution in [2.24, 2.45) is 16.1 Å². The fourth-order valence-electron chi connectivity index (χ4n) is 4.20. The summed E-state index contributed by atoms with van der Waals surface area (Å²) in [5, 5.41) is 0. The van der Waals surface area contributed by atoms with Crippen LogP contribution in [-0.2, 0) is 6.42 Å². The number of aryl methyl sites for hydroxylation is 1. The normalized spacial score (nSPS) is 26.2. The lowest BCUT2D eigenvalue weighted by atomic mass is 9.90. The largest absolute Gasteiger partial charge is 0.324 e. The van der Waals surface area contributed by atoms with Crippen LogP contribution in [-0.4, -0.2) is 18.3 Å². The summed E-state index contributed by atoms with van der Waals surface area (Å²) in [5.74, 6) is -1.05. The van der Waals surface area contributed by atoms with Gasteiger partial charge in [0.2, 0.25) is 0 Å². The number of benzene rings is 2. The molecule has 2 aromatic rings. The van der Waals surface area contributed by atoms with Crippen molar-refractivity contribution in [2.45, 2.75) is 44.1 Å².